The molecule has 140 valence electrons. The van der Waals surface area contributed by atoms with E-state index in [0.29, 0.717) is 17.9 Å². The van der Waals surface area contributed by atoms with Crippen molar-refractivity contribution in [3.05, 3.63) is 58.0 Å². The fourth-order valence-electron chi connectivity index (χ4n) is 3.70. The SMILES string of the molecule is CC(c1ccc(Cl)cc1)N1C(=O)CN(c2ncc(Cl)cc2F)C(=O)C12CC2. The van der Waals surface area contributed by atoms with E-state index in [-0.39, 0.29) is 35.2 Å². The van der Waals surface area contributed by atoms with Crippen molar-refractivity contribution in [2.75, 3.05) is 11.4 Å². The Labute approximate surface area is 165 Å². The maximum absolute atomic E-state index is 14.3. The van der Waals surface area contributed by atoms with Gasteiger partial charge in [-0.25, -0.2) is 9.37 Å². The molecule has 1 unspecified atom stereocenters. The third kappa shape index (κ3) is 2.97. The average Bonchev–Trinajstić information content (AvgIpc) is 3.40. The van der Waals surface area contributed by atoms with Crippen molar-refractivity contribution in [3.63, 3.8) is 0 Å². The van der Waals surface area contributed by atoms with E-state index in [2.05, 4.69) is 4.98 Å². The maximum Gasteiger partial charge on any atom is 0.254 e. The molecule has 2 aliphatic rings. The maximum atomic E-state index is 14.3. The van der Waals surface area contributed by atoms with Crippen molar-refractivity contribution < 1.29 is 14.0 Å². The van der Waals surface area contributed by atoms with Gasteiger partial charge in [0.2, 0.25) is 5.91 Å². The number of piperazine rings is 1. The Bertz CT molecular complexity index is 931. The van der Waals surface area contributed by atoms with Gasteiger partial charge in [-0.05, 0) is 43.5 Å². The van der Waals surface area contributed by atoms with Crippen LogP contribution >= 0.6 is 23.2 Å². The Morgan fingerprint density at radius 2 is 1.81 bits per heavy atom. The zero-order chi connectivity index (χ0) is 19.3. The van der Waals surface area contributed by atoms with Gasteiger partial charge in [0, 0.05) is 11.2 Å². The summed E-state index contributed by atoms with van der Waals surface area (Å²) in [5.74, 6) is -1.44. The lowest BCUT2D eigenvalue weighted by Crippen LogP contribution is -2.62. The van der Waals surface area contributed by atoms with Crippen LogP contribution < -0.4 is 4.90 Å². The molecule has 0 radical (unpaired) electrons. The van der Waals surface area contributed by atoms with Gasteiger partial charge in [0.1, 0.15) is 12.1 Å². The first kappa shape index (κ1) is 18.2. The normalized spacial score (nSPS) is 19.6. The average molecular weight is 408 g/mol. The molecule has 2 heterocycles. The number of hydrogen-bond donors (Lipinski definition) is 0. The van der Waals surface area contributed by atoms with E-state index >= 15 is 0 Å². The van der Waals surface area contributed by atoms with Crippen molar-refractivity contribution in [1.82, 2.24) is 9.88 Å². The topological polar surface area (TPSA) is 53.5 Å². The molecule has 27 heavy (non-hydrogen) atoms. The van der Waals surface area contributed by atoms with Crippen molar-refractivity contribution >= 4 is 40.8 Å². The number of halogens is 3. The van der Waals surface area contributed by atoms with Crippen molar-refractivity contribution in [1.29, 1.82) is 0 Å². The van der Waals surface area contributed by atoms with E-state index in [4.69, 9.17) is 23.2 Å². The zero-order valence-corrected chi connectivity index (χ0v) is 16.0. The molecule has 0 N–H and O–H groups in total. The number of hydrogen-bond acceptors (Lipinski definition) is 3. The Kier molecular flexibility index (Phi) is 4.35. The van der Waals surface area contributed by atoms with Crippen LogP contribution in [-0.4, -0.2) is 33.8 Å². The number of nitrogens with zero attached hydrogens (tertiary/aromatic N) is 3. The standard InChI is InChI=1S/C19H16Cl2FN3O2/c1-11(12-2-4-13(20)5-3-12)25-16(26)10-24(18(27)19(25)6-7-19)17-15(22)8-14(21)9-23-17/h2-5,8-9,11H,6-7,10H2,1H3. The predicted octanol–water partition coefficient (Wildman–Crippen LogP) is 4.00. The lowest BCUT2D eigenvalue weighted by Gasteiger charge is -2.43. The lowest BCUT2D eigenvalue weighted by molar-refractivity contribution is -0.147. The molecule has 1 saturated heterocycles. The molecule has 1 spiro atoms. The summed E-state index contributed by atoms with van der Waals surface area (Å²) in [6.45, 7) is 1.62. The van der Waals surface area contributed by atoms with E-state index in [1.807, 2.05) is 19.1 Å². The van der Waals surface area contributed by atoms with Gasteiger partial charge in [0.15, 0.2) is 11.6 Å². The number of carbonyl (C=O) groups excluding carboxylic acids is 2. The van der Waals surface area contributed by atoms with Crippen LogP contribution in [0.2, 0.25) is 10.0 Å². The van der Waals surface area contributed by atoms with Gasteiger partial charge in [-0.3, -0.25) is 14.5 Å². The summed E-state index contributed by atoms with van der Waals surface area (Å²) in [6, 6.07) is 7.97. The monoisotopic (exact) mass is 407 g/mol. The van der Waals surface area contributed by atoms with Crippen molar-refractivity contribution in [2.24, 2.45) is 0 Å². The molecule has 1 saturated carbocycles. The van der Waals surface area contributed by atoms with Gasteiger partial charge < -0.3 is 4.90 Å². The van der Waals surface area contributed by atoms with E-state index in [0.717, 1.165) is 16.5 Å². The molecular weight excluding hydrogens is 392 g/mol. The van der Waals surface area contributed by atoms with Gasteiger partial charge in [-0.2, -0.15) is 0 Å². The second-order valence-corrected chi connectivity index (χ2v) is 7.75. The van der Waals surface area contributed by atoms with Gasteiger partial charge in [0.25, 0.3) is 5.91 Å². The van der Waals surface area contributed by atoms with Crippen LogP contribution in [0.15, 0.2) is 36.5 Å². The first-order valence-corrected chi connectivity index (χ1v) is 9.30. The number of rotatable bonds is 3. The molecule has 5 nitrogen and oxygen atoms in total. The summed E-state index contributed by atoms with van der Waals surface area (Å²) in [6.07, 6.45) is 2.35. The van der Waals surface area contributed by atoms with Crippen LogP contribution in [-0.2, 0) is 9.59 Å². The molecule has 1 aliphatic carbocycles. The van der Waals surface area contributed by atoms with Crippen LogP contribution in [0.3, 0.4) is 0 Å². The van der Waals surface area contributed by atoms with Crippen LogP contribution in [0.25, 0.3) is 0 Å². The second-order valence-electron chi connectivity index (χ2n) is 6.87. The molecule has 1 atom stereocenters. The highest BCUT2D eigenvalue weighted by molar-refractivity contribution is 6.30. The summed E-state index contributed by atoms with van der Waals surface area (Å²) >= 11 is 11.7. The quantitative estimate of drug-likeness (QED) is 0.772. The highest BCUT2D eigenvalue weighted by atomic mass is 35.5. The van der Waals surface area contributed by atoms with Gasteiger partial charge in [-0.1, -0.05) is 35.3 Å². The Balaban J connectivity index is 1.68. The number of pyridine rings is 1. The summed E-state index contributed by atoms with van der Waals surface area (Å²) in [5.41, 5.74) is -0.0571. The summed E-state index contributed by atoms with van der Waals surface area (Å²) in [5, 5.41) is 0.731. The summed E-state index contributed by atoms with van der Waals surface area (Å²) in [7, 11) is 0. The fourth-order valence-corrected chi connectivity index (χ4v) is 3.97. The Morgan fingerprint density at radius 1 is 1.15 bits per heavy atom. The molecule has 1 aromatic carbocycles. The predicted molar refractivity (Wildman–Crippen MR) is 100 cm³/mol. The summed E-state index contributed by atoms with van der Waals surface area (Å²) < 4.78 is 14.3. The fraction of sp³-hybridized carbons (Fsp3) is 0.316. The van der Waals surface area contributed by atoms with Crippen molar-refractivity contribution in [3.8, 4) is 0 Å². The van der Waals surface area contributed by atoms with E-state index in [9.17, 15) is 14.0 Å². The van der Waals surface area contributed by atoms with Crippen LogP contribution in [0.4, 0.5) is 10.2 Å². The summed E-state index contributed by atoms with van der Waals surface area (Å²) in [4.78, 5) is 32.8. The molecule has 2 fully saturated rings. The van der Waals surface area contributed by atoms with Gasteiger partial charge in [-0.15, -0.1) is 0 Å². The lowest BCUT2D eigenvalue weighted by atomic mass is 10.00. The molecule has 4 rings (SSSR count). The van der Waals surface area contributed by atoms with Crippen LogP contribution in [0, 0.1) is 5.82 Å². The Hall–Kier alpha value is -2.18. The van der Waals surface area contributed by atoms with Crippen LogP contribution in [0.1, 0.15) is 31.4 Å². The van der Waals surface area contributed by atoms with Crippen LogP contribution in [0.5, 0.6) is 0 Å². The third-order valence-electron chi connectivity index (χ3n) is 5.17. The number of anilines is 1. The smallest absolute Gasteiger partial charge is 0.254 e. The minimum atomic E-state index is -0.942. The molecule has 2 amide bonds. The minimum Gasteiger partial charge on any atom is -0.320 e. The van der Waals surface area contributed by atoms with E-state index in [1.165, 1.54) is 6.20 Å². The third-order valence-corrected chi connectivity index (χ3v) is 5.63. The highest BCUT2D eigenvalue weighted by Crippen LogP contribution is 2.50. The van der Waals surface area contributed by atoms with Gasteiger partial charge >= 0.3 is 0 Å². The number of carbonyl (C=O) groups is 2. The molecule has 2 aromatic rings. The van der Waals surface area contributed by atoms with Crippen molar-refractivity contribution in [2.45, 2.75) is 31.3 Å². The molecule has 8 heteroatoms. The molecule has 1 aromatic heterocycles. The van der Waals surface area contributed by atoms with E-state index < -0.39 is 11.4 Å². The number of aromatic nitrogens is 1. The van der Waals surface area contributed by atoms with Gasteiger partial charge in [0.05, 0.1) is 11.1 Å². The Morgan fingerprint density at radius 3 is 2.41 bits per heavy atom. The molecular formula is C19H16Cl2FN3O2. The molecule has 1 aliphatic heterocycles. The first-order chi connectivity index (χ1) is 12.8. The molecule has 0 bridgehead atoms. The largest absolute Gasteiger partial charge is 0.320 e. The second kappa shape index (κ2) is 6.46. The number of amides is 2. The highest BCUT2D eigenvalue weighted by Gasteiger charge is 2.62. The van der Waals surface area contributed by atoms with E-state index in [1.54, 1.807) is 17.0 Å². The first-order valence-electron chi connectivity index (χ1n) is 8.54. The minimum absolute atomic E-state index is 0.131. The number of benzene rings is 1. The zero-order valence-electron chi connectivity index (χ0n) is 14.5.